The number of ether oxygens (including phenoxy) is 1. The molecule has 2 aromatic carbocycles. The van der Waals surface area contributed by atoms with Gasteiger partial charge < -0.3 is 25.6 Å². The molecule has 0 saturated heterocycles. The number of amides is 2. The molecule has 4 N–H and O–H groups in total. The fourth-order valence-electron chi connectivity index (χ4n) is 4.48. The highest BCUT2D eigenvalue weighted by Gasteiger charge is 2.32. The van der Waals surface area contributed by atoms with Crippen molar-refractivity contribution in [3.8, 4) is 0 Å². The van der Waals surface area contributed by atoms with E-state index in [9.17, 15) is 33.9 Å². The highest BCUT2D eigenvalue weighted by atomic mass is 32.1. The Labute approximate surface area is 218 Å². The minimum absolute atomic E-state index is 0.0107. The zero-order valence-electron chi connectivity index (χ0n) is 19.4. The number of benzene rings is 2. The van der Waals surface area contributed by atoms with Gasteiger partial charge >= 0.3 is 17.8 Å². The van der Waals surface area contributed by atoms with Crippen LogP contribution in [0.4, 0.5) is 5.00 Å². The van der Waals surface area contributed by atoms with Gasteiger partial charge in [0.1, 0.15) is 5.00 Å². The first kappa shape index (κ1) is 25.0. The summed E-state index contributed by atoms with van der Waals surface area (Å²) in [5, 5.41) is 23.2. The molecule has 1 aliphatic heterocycles. The van der Waals surface area contributed by atoms with Gasteiger partial charge in [0.15, 0.2) is 11.6 Å². The van der Waals surface area contributed by atoms with E-state index in [-0.39, 0.29) is 64.0 Å². The number of fused-ring (bicyclic) bond motifs is 3. The van der Waals surface area contributed by atoms with Gasteiger partial charge in [-0.15, -0.1) is 11.3 Å². The van der Waals surface area contributed by atoms with Gasteiger partial charge in [0.2, 0.25) is 0 Å². The number of carbonyl (C=O) groups is 6. The van der Waals surface area contributed by atoms with E-state index in [0.29, 0.717) is 16.0 Å². The maximum atomic E-state index is 12.9. The predicted octanol–water partition coefficient (Wildman–Crippen LogP) is 2.12. The highest BCUT2D eigenvalue weighted by Crippen LogP contribution is 2.38. The number of thiophene rings is 1. The number of carboxylic acid groups (broad SMARTS) is 2. The summed E-state index contributed by atoms with van der Waals surface area (Å²) in [6.45, 7) is 0.0232. The molecule has 38 heavy (non-hydrogen) atoms. The summed E-state index contributed by atoms with van der Waals surface area (Å²) < 4.78 is 5.73. The Morgan fingerprint density at radius 1 is 0.947 bits per heavy atom. The summed E-state index contributed by atoms with van der Waals surface area (Å²) in [6.07, 6.45) is -0.500. The summed E-state index contributed by atoms with van der Waals surface area (Å²) in [7, 11) is 0. The monoisotopic (exact) mass is 534 g/mol. The average molecular weight is 535 g/mol. The lowest BCUT2D eigenvalue weighted by Gasteiger charge is -2.24. The number of hydrogen-bond acceptors (Lipinski definition) is 8. The van der Waals surface area contributed by atoms with Crippen LogP contribution in [0.25, 0.3) is 0 Å². The Morgan fingerprint density at radius 2 is 1.61 bits per heavy atom. The van der Waals surface area contributed by atoms with E-state index in [1.54, 1.807) is 24.3 Å². The molecule has 12 heteroatoms. The predicted molar refractivity (Wildman–Crippen MR) is 132 cm³/mol. The van der Waals surface area contributed by atoms with Crippen molar-refractivity contribution in [2.45, 2.75) is 19.1 Å². The third-order valence-corrected chi connectivity index (χ3v) is 7.41. The first-order valence-corrected chi connectivity index (χ1v) is 12.1. The van der Waals surface area contributed by atoms with Crippen molar-refractivity contribution < 1.29 is 43.7 Å². The molecule has 1 aliphatic carbocycles. The van der Waals surface area contributed by atoms with Gasteiger partial charge in [-0.25, -0.2) is 9.59 Å². The van der Waals surface area contributed by atoms with Crippen LogP contribution in [0.15, 0.2) is 42.5 Å². The lowest BCUT2D eigenvalue weighted by molar-refractivity contribution is -0.147. The van der Waals surface area contributed by atoms with Crippen molar-refractivity contribution >= 4 is 51.7 Å². The maximum absolute atomic E-state index is 12.9. The summed E-state index contributed by atoms with van der Waals surface area (Å²) >= 11 is 0.920. The van der Waals surface area contributed by atoms with Crippen LogP contribution in [0.5, 0.6) is 0 Å². The number of carboxylic acids is 2. The number of hydrogen-bond donors (Lipinski definition) is 4. The zero-order valence-corrected chi connectivity index (χ0v) is 20.2. The quantitative estimate of drug-likeness (QED) is 0.279. The molecule has 2 amide bonds. The van der Waals surface area contributed by atoms with Crippen LogP contribution in [0.3, 0.4) is 0 Å². The van der Waals surface area contributed by atoms with Gasteiger partial charge in [0.05, 0.1) is 18.3 Å². The molecule has 0 bridgehead atoms. The summed E-state index contributed by atoms with van der Waals surface area (Å²) in [6, 6.07) is 10.8. The number of anilines is 1. The van der Waals surface area contributed by atoms with Gasteiger partial charge in [-0.1, -0.05) is 24.3 Å². The minimum atomic E-state index is -1.75. The molecule has 1 atom stereocenters. The average Bonchev–Trinajstić information content (AvgIpc) is 3.27. The molecular formula is C26H18N2O9S. The molecule has 11 nitrogen and oxygen atoms in total. The van der Waals surface area contributed by atoms with Crippen LogP contribution < -0.4 is 10.6 Å². The summed E-state index contributed by atoms with van der Waals surface area (Å²) in [5.41, 5.74) is 1.30. The lowest BCUT2D eigenvalue weighted by Crippen LogP contribution is -2.37. The topological polar surface area (TPSA) is 176 Å². The van der Waals surface area contributed by atoms with Gasteiger partial charge in [-0.2, -0.15) is 0 Å². The van der Waals surface area contributed by atoms with Crippen molar-refractivity contribution in [1.29, 1.82) is 0 Å². The van der Waals surface area contributed by atoms with Crippen LogP contribution in [-0.2, 0) is 27.4 Å². The van der Waals surface area contributed by atoms with Crippen LogP contribution in [-0.4, -0.2) is 58.2 Å². The fraction of sp³-hybridized carbons (Fsp3) is 0.154. The zero-order chi connectivity index (χ0) is 27.1. The van der Waals surface area contributed by atoms with Crippen LogP contribution in [0.2, 0.25) is 0 Å². The molecule has 0 spiro atoms. The Balaban J connectivity index is 1.30. The molecule has 5 rings (SSSR count). The van der Waals surface area contributed by atoms with E-state index in [1.165, 1.54) is 18.2 Å². The normalized spacial score (nSPS) is 15.6. The maximum Gasteiger partial charge on any atom is 0.394 e. The van der Waals surface area contributed by atoms with Crippen molar-refractivity contribution in [2.24, 2.45) is 0 Å². The number of aromatic carboxylic acids is 1. The Morgan fingerprint density at radius 3 is 2.26 bits per heavy atom. The van der Waals surface area contributed by atoms with E-state index in [2.05, 4.69) is 10.6 Å². The molecule has 0 fully saturated rings. The summed E-state index contributed by atoms with van der Waals surface area (Å²) in [4.78, 5) is 73.4. The largest absolute Gasteiger partial charge is 0.478 e. The van der Waals surface area contributed by atoms with E-state index < -0.39 is 29.9 Å². The third kappa shape index (κ3) is 4.35. The summed E-state index contributed by atoms with van der Waals surface area (Å²) in [5.74, 6) is -5.59. The number of nitrogens with one attached hydrogen (secondary N) is 2. The van der Waals surface area contributed by atoms with E-state index in [4.69, 9.17) is 9.84 Å². The molecule has 192 valence electrons. The van der Waals surface area contributed by atoms with Crippen LogP contribution in [0.1, 0.15) is 63.0 Å². The second-order valence-electron chi connectivity index (χ2n) is 8.58. The first-order chi connectivity index (χ1) is 18.2. The van der Waals surface area contributed by atoms with Gasteiger partial charge in [-0.05, 0) is 23.8 Å². The van der Waals surface area contributed by atoms with E-state index in [0.717, 1.165) is 11.3 Å². The molecular weight excluding hydrogens is 516 g/mol. The van der Waals surface area contributed by atoms with Crippen molar-refractivity contribution in [2.75, 3.05) is 11.9 Å². The number of aliphatic carboxylic acids is 1. The minimum Gasteiger partial charge on any atom is -0.478 e. The Kier molecular flexibility index (Phi) is 6.35. The number of rotatable bonds is 5. The van der Waals surface area contributed by atoms with E-state index >= 15 is 0 Å². The van der Waals surface area contributed by atoms with E-state index in [1.807, 2.05) is 0 Å². The first-order valence-electron chi connectivity index (χ1n) is 11.3. The van der Waals surface area contributed by atoms with Gasteiger partial charge in [0.25, 0.3) is 5.91 Å². The molecule has 1 aromatic heterocycles. The van der Waals surface area contributed by atoms with Crippen LogP contribution in [0, 0.1) is 0 Å². The molecule has 0 radical (unpaired) electrons. The molecule has 0 saturated carbocycles. The molecule has 2 aliphatic rings. The van der Waals surface area contributed by atoms with Crippen LogP contribution >= 0.6 is 11.3 Å². The molecule has 2 heterocycles. The molecule has 3 aromatic rings. The highest BCUT2D eigenvalue weighted by molar-refractivity contribution is 7.17. The fourth-order valence-corrected chi connectivity index (χ4v) is 5.61. The smallest absolute Gasteiger partial charge is 0.394 e. The van der Waals surface area contributed by atoms with Crippen molar-refractivity contribution in [3.63, 3.8) is 0 Å². The third-order valence-electron chi connectivity index (χ3n) is 6.29. The SMILES string of the molecule is O=C(O)C(=O)Nc1sc2c(c1C(=O)O)CC(CNC(=O)c1ccc3c(c1)C(=O)c1ccccc1C3=O)OC2. The Bertz CT molecular complexity index is 1570. The lowest BCUT2D eigenvalue weighted by atomic mass is 9.83. The second-order valence-corrected chi connectivity index (χ2v) is 9.69. The number of carbonyl (C=O) groups excluding carboxylic acids is 4. The van der Waals surface area contributed by atoms with Gasteiger partial charge in [0, 0.05) is 45.7 Å². The van der Waals surface area contributed by atoms with Gasteiger partial charge in [-0.3, -0.25) is 19.2 Å². The number of ketones is 2. The Hall–Kier alpha value is -4.68. The van der Waals surface area contributed by atoms with Crippen molar-refractivity contribution in [1.82, 2.24) is 5.32 Å². The molecule has 1 unspecified atom stereocenters. The standard InChI is InChI=1S/C26H18N2O9S/c29-20-13-3-1-2-4-14(13)21(30)16-7-11(5-6-15(16)20)22(31)27-9-12-8-17-18(10-37-12)38-24(19(17)25(33)34)28-23(32)26(35)36/h1-7,12H,8-10H2,(H,27,31)(H,28,32)(H,33,34)(H,35,36). The van der Waals surface area contributed by atoms with Crippen molar-refractivity contribution in [3.05, 3.63) is 86.3 Å². The second kappa shape index (κ2) is 9.65.